The average molecular weight is 606 g/mol. The van der Waals surface area contributed by atoms with Crippen LogP contribution in [0.1, 0.15) is 100 Å². The number of rotatable bonds is 11. The zero-order valence-corrected chi connectivity index (χ0v) is 25.9. The first-order chi connectivity index (χ1) is 21.3. The number of carbonyl (C=O) groups excluding carboxylic acids is 5. The van der Waals surface area contributed by atoms with Crippen LogP contribution in [0.3, 0.4) is 0 Å². The molecule has 3 aliphatic rings. The minimum Gasteiger partial charge on any atom is -0.356 e. The van der Waals surface area contributed by atoms with E-state index in [4.69, 9.17) is 0 Å². The summed E-state index contributed by atoms with van der Waals surface area (Å²) >= 11 is 0. The molecule has 0 bridgehead atoms. The van der Waals surface area contributed by atoms with Gasteiger partial charge in [0.05, 0.1) is 6.04 Å². The van der Waals surface area contributed by atoms with Crippen molar-refractivity contribution in [3.05, 3.63) is 36.0 Å². The van der Waals surface area contributed by atoms with Crippen LogP contribution in [0.25, 0.3) is 10.9 Å². The smallest absolute Gasteiger partial charge is 0.289 e. The molecule has 4 N–H and O–H groups in total. The second kappa shape index (κ2) is 14.9. The van der Waals surface area contributed by atoms with Crippen molar-refractivity contribution in [1.82, 2.24) is 25.8 Å². The number of ketones is 1. The predicted octanol–water partition coefficient (Wildman–Crippen LogP) is 3.67. The maximum absolute atomic E-state index is 14.0. The van der Waals surface area contributed by atoms with Gasteiger partial charge in [-0.15, -0.1) is 0 Å². The summed E-state index contributed by atoms with van der Waals surface area (Å²) in [5.41, 5.74) is 1.34. The molecular weight excluding hydrogens is 558 g/mol. The van der Waals surface area contributed by atoms with Crippen LogP contribution in [0.5, 0.6) is 0 Å². The number of fused-ring (bicyclic) bond motifs is 1. The molecule has 5 rings (SSSR count). The van der Waals surface area contributed by atoms with E-state index in [0.717, 1.165) is 81.5 Å². The molecule has 3 atom stereocenters. The van der Waals surface area contributed by atoms with Crippen molar-refractivity contribution in [2.75, 3.05) is 6.54 Å². The van der Waals surface area contributed by atoms with Crippen LogP contribution in [0.4, 0.5) is 0 Å². The minimum absolute atomic E-state index is 0.0434. The second-order valence-electron chi connectivity index (χ2n) is 13.0. The average Bonchev–Trinajstić information content (AvgIpc) is 3.38. The quantitative estimate of drug-likeness (QED) is 0.290. The van der Waals surface area contributed by atoms with Crippen molar-refractivity contribution >= 4 is 40.3 Å². The maximum Gasteiger partial charge on any atom is 0.289 e. The van der Waals surface area contributed by atoms with Gasteiger partial charge >= 0.3 is 0 Å². The van der Waals surface area contributed by atoms with Crippen molar-refractivity contribution in [3.8, 4) is 0 Å². The summed E-state index contributed by atoms with van der Waals surface area (Å²) in [6.45, 7) is 0.576. The van der Waals surface area contributed by atoms with E-state index in [0.29, 0.717) is 25.1 Å². The first-order valence-corrected chi connectivity index (χ1v) is 16.6. The molecule has 0 unspecified atom stereocenters. The SMILES string of the molecule is Cn1c(C(=O)N[C@@H](CC2CCCCC2)C(=O)N[C@@H](C[C@@H]2CCCNC2=O)C(=O)C(=O)NC2CCCCC2)cc2ccccc21. The fourth-order valence-electron chi connectivity index (χ4n) is 7.24. The highest BCUT2D eigenvalue weighted by molar-refractivity contribution is 6.38. The molecule has 10 nitrogen and oxygen atoms in total. The summed E-state index contributed by atoms with van der Waals surface area (Å²) in [7, 11) is 1.82. The molecule has 2 heterocycles. The van der Waals surface area contributed by atoms with Crippen LogP contribution in [-0.2, 0) is 26.2 Å². The summed E-state index contributed by atoms with van der Waals surface area (Å²) < 4.78 is 1.81. The molecule has 1 aromatic carbocycles. The second-order valence-corrected chi connectivity index (χ2v) is 13.0. The Morgan fingerprint density at radius 1 is 0.864 bits per heavy atom. The van der Waals surface area contributed by atoms with E-state index in [1.165, 1.54) is 0 Å². The third kappa shape index (κ3) is 7.87. The lowest BCUT2D eigenvalue weighted by molar-refractivity contribution is -0.141. The minimum atomic E-state index is -1.16. The predicted molar refractivity (Wildman–Crippen MR) is 168 cm³/mol. The van der Waals surface area contributed by atoms with Gasteiger partial charge in [0.25, 0.3) is 11.8 Å². The standard InChI is InChI=1S/C34H47N5O5/c1-39-28-17-9-8-13-23(28)21-29(39)33(43)38-27(19-22-11-4-2-5-12-22)32(42)37-26(20-24-14-10-18-35-31(24)41)30(40)34(44)36-25-15-6-3-7-16-25/h8-9,13,17,21-22,24-27H,2-7,10-12,14-16,18-20H2,1H3,(H,35,41)(H,36,44)(H,37,42)(H,38,43)/t24-,26-,27-/m0/s1. The summed E-state index contributed by atoms with van der Waals surface area (Å²) in [4.78, 5) is 66.9. The van der Waals surface area contributed by atoms with Gasteiger partial charge in [-0.1, -0.05) is 69.6 Å². The number of hydrogen-bond acceptors (Lipinski definition) is 5. The van der Waals surface area contributed by atoms with Gasteiger partial charge in [-0.3, -0.25) is 24.0 Å². The highest BCUT2D eigenvalue weighted by Crippen LogP contribution is 2.28. The van der Waals surface area contributed by atoms with Crippen LogP contribution in [0.2, 0.25) is 0 Å². The number of Topliss-reactive ketones (excluding diaryl/α,β-unsaturated/α-hetero) is 1. The van der Waals surface area contributed by atoms with Gasteiger partial charge in [-0.25, -0.2) is 0 Å². The Hall–Kier alpha value is -3.69. The lowest BCUT2D eigenvalue weighted by Gasteiger charge is -2.30. The Balaban J connectivity index is 1.35. The van der Waals surface area contributed by atoms with Gasteiger partial charge in [-0.2, -0.15) is 0 Å². The molecule has 2 saturated carbocycles. The molecule has 238 valence electrons. The zero-order valence-electron chi connectivity index (χ0n) is 25.9. The van der Waals surface area contributed by atoms with Crippen LogP contribution >= 0.6 is 0 Å². The van der Waals surface area contributed by atoms with E-state index in [1.54, 1.807) is 0 Å². The number of hydrogen-bond donors (Lipinski definition) is 4. The molecule has 10 heteroatoms. The summed E-state index contributed by atoms with van der Waals surface area (Å²) in [6.07, 6.45) is 11.9. The summed E-state index contributed by atoms with van der Waals surface area (Å²) in [5.74, 6) is -2.71. The maximum atomic E-state index is 14.0. The Labute approximate surface area is 259 Å². The van der Waals surface area contributed by atoms with Crippen LogP contribution < -0.4 is 21.3 Å². The van der Waals surface area contributed by atoms with Gasteiger partial charge in [0.15, 0.2) is 0 Å². The van der Waals surface area contributed by atoms with Gasteiger partial charge < -0.3 is 25.8 Å². The molecular formula is C34H47N5O5. The molecule has 2 aromatic rings. The normalized spacial score (nSPS) is 21.2. The first-order valence-electron chi connectivity index (χ1n) is 16.6. The Morgan fingerprint density at radius 2 is 1.57 bits per heavy atom. The van der Waals surface area contributed by atoms with Crippen molar-refractivity contribution in [1.29, 1.82) is 0 Å². The van der Waals surface area contributed by atoms with Crippen LogP contribution in [-0.4, -0.2) is 58.6 Å². The van der Waals surface area contributed by atoms with Crippen molar-refractivity contribution < 1.29 is 24.0 Å². The van der Waals surface area contributed by atoms with Crippen LogP contribution in [0, 0.1) is 11.8 Å². The molecule has 0 spiro atoms. The summed E-state index contributed by atoms with van der Waals surface area (Å²) in [6, 6.07) is 7.40. The molecule has 1 aromatic heterocycles. The molecule has 3 fully saturated rings. The Kier molecular flexibility index (Phi) is 10.7. The number of carbonyl (C=O) groups is 5. The Bertz CT molecular complexity index is 1360. The van der Waals surface area contributed by atoms with Crippen molar-refractivity contribution in [3.63, 3.8) is 0 Å². The lowest BCUT2D eigenvalue weighted by Crippen LogP contribution is -2.56. The number of para-hydroxylation sites is 1. The van der Waals surface area contributed by atoms with E-state index < -0.39 is 35.6 Å². The van der Waals surface area contributed by atoms with E-state index in [2.05, 4.69) is 21.3 Å². The fraction of sp³-hybridized carbons (Fsp3) is 0.618. The number of piperidine rings is 1. The molecule has 1 saturated heterocycles. The Morgan fingerprint density at radius 3 is 2.27 bits per heavy atom. The number of nitrogens with one attached hydrogen (secondary N) is 4. The fourth-order valence-corrected chi connectivity index (χ4v) is 7.24. The zero-order chi connectivity index (χ0) is 31.1. The van der Waals surface area contributed by atoms with Gasteiger partial charge in [0, 0.05) is 36.5 Å². The number of aromatic nitrogens is 1. The van der Waals surface area contributed by atoms with Gasteiger partial charge in [0.2, 0.25) is 17.6 Å². The van der Waals surface area contributed by atoms with E-state index in [9.17, 15) is 24.0 Å². The number of aryl methyl sites for hydroxylation is 1. The van der Waals surface area contributed by atoms with Gasteiger partial charge in [0.1, 0.15) is 11.7 Å². The molecule has 1 aliphatic heterocycles. The topological polar surface area (TPSA) is 138 Å². The highest BCUT2D eigenvalue weighted by atomic mass is 16.2. The first kappa shape index (κ1) is 31.7. The van der Waals surface area contributed by atoms with Gasteiger partial charge in [-0.05, 0) is 56.6 Å². The number of nitrogens with zero attached hydrogens (tertiary/aromatic N) is 1. The lowest BCUT2D eigenvalue weighted by atomic mass is 9.84. The summed E-state index contributed by atoms with van der Waals surface area (Å²) in [5, 5.41) is 12.5. The van der Waals surface area contributed by atoms with E-state index >= 15 is 0 Å². The number of amides is 4. The van der Waals surface area contributed by atoms with Crippen LogP contribution in [0.15, 0.2) is 30.3 Å². The molecule has 0 radical (unpaired) electrons. The molecule has 4 amide bonds. The van der Waals surface area contributed by atoms with E-state index in [1.807, 2.05) is 41.9 Å². The highest BCUT2D eigenvalue weighted by Gasteiger charge is 2.36. The molecule has 2 aliphatic carbocycles. The van der Waals surface area contributed by atoms with Crippen molar-refractivity contribution in [2.45, 2.75) is 108 Å². The third-order valence-electron chi connectivity index (χ3n) is 9.82. The monoisotopic (exact) mass is 605 g/mol. The van der Waals surface area contributed by atoms with Crippen molar-refractivity contribution in [2.24, 2.45) is 18.9 Å². The third-order valence-corrected chi connectivity index (χ3v) is 9.82. The molecule has 44 heavy (non-hydrogen) atoms. The number of benzene rings is 1. The van der Waals surface area contributed by atoms with E-state index in [-0.39, 0.29) is 30.2 Å². The largest absolute Gasteiger partial charge is 0.356 e.